The Labute approximate surface area is 173 Å². The van der Waals surface area contributed by atoms with E-state index in [4.69, 9.17) is 23.2 Å². The van der Waals surface area contributed by atoms with E-state index in [9.17, 15) is 18.8 Å². The molecule has 1 aliphatic rings. The van der Waals surface area contributed by atoms with Crippen LogP contribution in [-0.2, 0) is 9.59 Å². The maximum Gasteiger partial charge on any atom is 0.329 e. The van der Waals surface area contributed by atoms with Gasteiger partial charge >= 0.3 is 6.03 Å². The van der Waals surface area contributed by atoms with Gasteiger partial charge in [-0.15, -0.1) is 0 Å². The first-order chi connectivity index (χ1) is 13.9. The molecule has 2 heterocycles. The number of imide groups is 1. The van der Waals surface area contributed by atoms with Crippen molar-refractivity contribution in [2.45, 2.75) is 6.04 Å². The van der Waals surface area contributed by atoms with Gasteiger partial charge in [0.2, 0.25) is 0 Å². The number of hydrogen-bond donors (Lipinski definition) is 2. The van der Waals surface area contributed by atoms with Gasteiger partial charge in [0, 0.05) is 22.2 Å². The molecule has 6 nitrogen and oxygen atoms in total. The third-order valence-electron chi connectivity index (χ3n) is 4.61. The minimum absolute atomic E-state index is 0.0351. The summed E-state index contributed by atoms with van der Waals surface area (Å²) < 4.78 is 14.1. The van der Waals surface area contributed by atoms with Gasteiger partial charge in [-0.2, -0.15) is 0 Å². The van der Waals surface area contributed by atoms with Crippen molar-refractivity contribution in [3.8, 4) is 0 Å². The molecule has 4 rings (SSSR count). The number of aromatic amines is 1. The zero-order chi connectivity index (χ0) is 20.7. The highest BCUT2D eigenvalue weighted by Gasteiger charge is 2.39. The molecule has 1 unspecified atom stereocenters. The zero-order valence-electron chi connectivity index (χ0n) is 14.6. The average Bonchev–Trinajstić information content (AvgIpc) is 3.23. The summed E-state index contributed by atoms with van der Waals surface area (Å²) in [7, 11) is 0. The fraction of sp³-hybridized carbons (Fsp3) is 0.0500. The molecule has 1 atom stereocenters. The predicted molar refractivity (Wildman–Crippen MR) is 107 cm³/mol. The van der Waals surface area contributed by atoms with Gasteiger partial charge in [-0.05, 0) is 29.8 Å². The topological polar surface area (TPSA) is 82.3 Å². The minimum Gasteiger partial charge on any atom is -0.358 e. The van der Waals surface area contributed by atoms with Crippen LogP contribution in [0.15, 0.2) is 48.3 Å². The van der Waals surface area contributed by atoms with E-state index in [2.05, 4.69) is 10.3 Å². The number of nitrogens with one attached hydrogen (secondary N) is 2. The Kier molecular flexibility index (Phi) is 4.86. The fourth-order valence-corrected chi connectivity index (χ4v) is 3.47. The number of urea groups is 1. The molecule has 2 aromatic carbocycles. The lowest BCUT2D eigenvalue weighted by Crippen LogP contribution is -2.35. The molecule has 1 aromatic heterocycles. The molecule has 146 valence electrons. The van der Waals surface area contributed by atoms with Crippen LogP contribution in [0.3, 0.4) is 0 Å². The molecule has 0 bridgehead atoms. The van der Waals surface area contributed by atoms with Gasteiger partial charge in [0.15, 0.2) is 5.82 Å². The lowest BCUT2D eigenvalue weighted by atomic mass is 10.1. The Morgan fingerprint density at radius 2 is 1.79 bits per heavy atom. The lowest BCUT2D eigenvalue weighted by molar-refractivity contribution is -0.128. The number of rotatable bonds is 4. The molecule has 29 heavy (non-hydrogen) atoms. The Balaban J connectivity index is 1.70. The summed E-state index contributed by atoms with van der Waals surface area (Å²) in [4.78, 5) is 40.5. The smallest absolute Gasteiger partial charge is 0.329 e. The van der Waals surface area contributed by atoms with Crippen molar-refractivity contribution in [3.63, 3.8) is 0 Å². The number of hydrogen-bond acceptors (Lipinski definition) is 3. The fourth-order valence-electron chi connectivity index (χ4n) is 3.18. The Hall–Kier alpha value is -3.16. The molecule has 1 fully saturated rings. The number of amides is 3. The molecule has 3 aromatic rings. The van der Waals surface area contributed by atoms with Crippen LogP contribution in [0.1, 0.15) is 17.2 Å². The van der Waals surface area contributed by atoms with Crippen molar-refractivity contribution < 1.29 is 18.8 Å². The van der Waals surface area contributed by atoms with Crippen LogP contribution in [-0.4, -0.2) is 28.1 Å². The maximum atomic E-state index is 14.1. The van der Waals surface area contributed by atoms with E-state index in [1.165, 1.54) is 18.3 Å². The number of aldehydes is 1. The lowest BCUT2D eigenvalue weighted by Gasteiger charge is -2.19. The van der Waals surface area contributed by atoms with E-state index in [1.54, 1.807) is 30.3 Å². The van der Waals surface area contributed by atoms with Crippen LogP contribution in [0.2, 0.25) is 10.0 Å². The largest absolute Gasteiger partial charge is 0.358 e. The van der Waals surface area contributed by atoms with E-state index in [0.717, 1.165) is 4.90 Å². The highest BCUT2D eigenvalue weighted by atomic mass is 35.5. The standard InChI is InChI=1S/C20H12Cl2FN3O3/c21-12-3-1-10(2-4-12)16(9-27)26-19(28)15(25-20(26)29)7-11-8-24-18-13(11)5-6-14(22)17(18)23/h1-9,16,24H,(H,25,29)/b15-7-. The summed E-state index contributed by atoms with van der Waals surface area (Å²) in [5, 5.41) is 3.37. The molecule has 2 N–H and O–H groups in total. The number of nitrogens with zero attached hydrogens (tertiary/aromatic N) is 1. The third-order valence-corrected chi connectivity index (χ3v) is 5.15. The molecular formula is C20H12Cl2FN3O3. The van der Waals surface area contributed by atoms with Gasteiger partial charge in [0.1, 0.15) is 18.0 Å². The second-order valence-corrected chi connectivity index (χ2v) is 7.17. The summed E-state index contributed by atoms with van der Waals surface area (Å²) in [6, 6.07) is 7.42. The quantitative estimate of drug-likeness (QED) is 0.363. The predicted octanol–water partition coefficient (Wildman–Crippen LogP) is 4.45. The molecule has 0 radical (unpaired) electrons. The minimum atomic E-state index is -1.11. The van der Waals surface area contributed by atoms with E-state index in [-0.39, 0.29) is 16.2 Å². The van der Waals surface area contributed by atoms with E-state index < -0.39 is 23.8 Å². The number of benzene rings is 2. The first kappa shape index (κ1) is 19.2. The van der Waals surface area contributed by atoms with Gasteiger partial charge in [-0.25, -0.2) is 14.1 Å². The van der Waals surface area contributed by atoms with Gasteiger partial charge < -0.3 is 15.1 Å². The van der Waals surface area contributed by atoms with Gasteiger partial charge in [-0.1, -0.05) is 41.4 Å². The Morgan fingerprint density at radius 1 is 1.07 bits per heavy atom. The van der Waals surface area contributed by atoms with Crippen molar-refractivity contribution in [1.82, 2.24) is 15.2 Å². The van der Waals surface area contributed by atoms with E-state index in [0.29, 0.717) is 27.8 Å². The summed E-state index contributed by atoms with van der Waals surface area (Å²) in [5.74, 6) is -1.29. The Bertz CT molecular complexity index is 1190. The maximum absolute atomic E-state index is 14.1. The molecule has 1 aliphatic heterocycles. The van der Waals surface area contributed by atoms with E-state index in [1.807, 2.05) is 0 Å². The van der Waals surface area contributed by atoms with Crippen molar-refractivity contribution >= 4 is 58.4 Å². The summed E-state index contributed by atoms with van der Waals surface area (Å²) in [5.41, 5.74) is 1.07. The van der Waals surface area contributed by atoms with Crippen molar-refractivity contribution in [2.24, 2.45) is 0 Å². The zero-order valence-corrected chi connectivity index (χ0v) is 16.1. The second kappa shape index (κ2) is 7.35. The van der Waals surface area contributed by atoms with Crippen molar-refractivity contribution in [3.05, 3.63) is 75.3 Å². The average molecular weight is 432 g/mol. The summed E-state index contributed by atoms with van der Waals surface area (Å²) >= 11 is 11.6. The first-order valence-electron chi connectivity index (χ1n) is 8.43. The van der Waals surface area contributed by atoms with Crippen LogP contribution in [0.4, 0.5) is 9.18 Å². The third kappa shape index (κ3) is 3.28. The number of carbonyl (C=O) groups is 3. The highest BCUT2D eigenvalue weighted by molar-refractivity contribution is 6.31. The molecule has 9 heteroatoms. The molecule has 0 spiro atoms. The molecule has 0 aliphatic carbocycles. The van der Waals surface area contributed by atoms with Gasteiger partial charge in [0.25, 0.3) is 5.91 Å². The number of aromatic nitrogens is 1. The SMILES string of the molecule is O=CC(c1ccc(Cl)cc1)N1C(=O)N/C(=C\c2c[nH]c3c(F)c(Cl)ccc23)C1=O. The molecule has 1 saturated heterocycles. The van der Waals surface area contributed by atoms with Crippen LogP contribution < -0.4 is 5.32 Å². The number of fused-ring (bicyclic) bond motifs is 1. The summed E-state index contributed by atoms with van der Waals surface area (Å²) in [6.45, 7) is 0. The molecule has 3 amide bonds. The Morgan fingerprint density at radius 3 is 2.48 bits per heavy atom. The van der Waals surface area contributed by atoms with Crippen LogP contribution in [0.25, 0.3) is 17.0 Å². The van der Waals surface area contributed by atoms with Crippen molar-refractivity contribution in [2.75, 3.05) is 0 Å². The molecular weight excluding hydrogens is 420 g/mol. The summed E-state index contributed by atoms with van der Waals surface area (Å²) in [6.07, 6.45) is 3.42. The van der Waals surface area contributed by atoms with Crippen molar-refractivity contribution in [1.29, 1.82) is 0 Å². The number of halogens is 3. The van der Waals surface area contributed by atoms with Crippen LogP contribution in [0, 0.1) is 5.82 Å². The van der Waals surface area contributed by atoms with Gasteiger partial charge in [-0.3, -0.25) is 4.79 Å². The molecule has 0 saturated carbocycles. The number of H-pyrrole nitrogens is 1. The first-order valence-corrected chi connectivity index (χ1v) is 9.18. The highest BCUT2D eigenvalue weighted by Crippen LogP contribution is 2.30. The van der Waals surface area contributed by atoms with Gasteiger partial charge in [0.05, 0.1) is 10.5 Å². The monoisotopic (exact) mass is 431 g/mol. The normalized spacial score (nSPS) is 16.5. The van der Waals surface area contributed by atoms with Crippen LogP contribution in [0.5, 0.6) is 0 Å². The second-order valence-electron chi connectivity index (χ2n) is 6.32. The van der Waals surface area contributed by atoms with Crippen LogP contribution >= 0.6 is 23.2 Å². The number of carbonyl (C=O) groups excluding carboxylic acids is 3. The van der Waals surface area contributed by atoms with E-state index >= 15 is 0 Å².